The third kappa shape index (κ3) is 1.95. The molecule has 0 saturated heterocycles. The standard InChI is InChI=1S/C15H18N2O/c1-2-17-14(8-9-16-17)15(18)13-10-12(13)11-6-4-3-5-7-11/h3-9,12-13,15,18H,2,10H2,1H3. The van der Waals surface area contributed by atoms with Crippen LogP contribution in [0.5, 0.6) is 0 Å². The van der Waals surface area contributed by atoms with Crippen LogP contribution >= 0.6 is 0 Å². The first-order chi connectivity index (χ1) is 8.81. The summed E-state index contributed by atoms with van der Waals surface area (Å²) < 4.78 is 1.88. The summed E-state index contributed by atoms with van der Waals surface area (Å²) >= 11 is 0. The van der Waals surface area contributed by atoms with E-state index in [0.717, 1.165) is 18.7 Å². The van der Waals surface area contributed by atoms with E-state index in [0.29, 0.717) is 11.8 Å². The molecule has 1 aromatic carbocycles. The molecule has 0 aliphatic heterocycles. The highest BCUT2D eigenvalue weighted by atomic mass is 16.3. The molecule has 94 valence electrons. The van der Waals surface area contributed by atoms with Crippen LogP contribution < -0.4 is 0 Å². The van der Waals surface area contributed by atoms with Crippen LogP contribution in [0.3, 0.4) is 0 Å². The predicted molar refractivity (Wildman–Crippen MR) is 70.2 cm³/mol. The molecule has 1 aromatic heterocycles. The summed E-state index contributed by atoms with van der Waals surface area (Å²) in [6.07, 6.45) is 2.44. The van der Waals surface area contributed by atoms with Crippen molar-refractivity contribution in [3.8, 4) is 0 Å². The van der Waals surface area contributed by atoms with E-state index in [1.807, 2.05) is 23.7 Å². The number of aliphatic hydroxyl groups is 1. The summed E-state index contributed by atoms with van der Waals surface area (Å²) in [5, 5.41) is 14.7. The third-order valence-corrected chi connectivity index (χ3v) is 3.83. The minimum atomic E-state index is -0.391. The molecule has 0 bridgehead atoms. The van der Waals surface area contributed by atoms with Gasteiger partial charge in [-0.25, -0.2) is 0 Å². The fourth-order valence-electron chi connectivity index (χ4n) is 2.72. The average Bonchev–Trinajstić information content (AvgIpc) is 3.08. The monoisotopic (exact) mass is 242 g/mol. The Balaban J connectivity index is 1.75. The van der Waals surface area contributed by atoms with Crippen LogP contribution in [0.4, 0.5) is 0 Å². The lowest BCUT2D eigenvalue weighted by Crippen LogP contribution is -2.10. The lowest BCUT2D eigenvalue weighted by molar-refractivity contribution is 0.140. The van der Waals surface area contributed by atoms with Crippen molar-refractivity contribution in [1.29, 1.82) is 0 Å². The Morgan fingerprint density at radius 2 is 2.11 bits per heavy atom. The zero-order valence-electron chi connectivity index (χ0n) is 10.5. The average molecular weight is 242 g/mol. The van der Waals surface area contributed by atoms with Gasteiger partial charge in [0, 0.05) is 12.7 Å². The zero-order valence-corrected chi connectivity index (χ0v) is 10.5. The van der Waals surface area contributed by atoms with Crippen molar-refractivity contribution in [2.75, 3.05) is 0 Å². The second-order valence-corrected chi connectivity index (χ2v) is 4.93. The Hall–Kier alpha value is -1.61. The molecule has 3 unspecified atom stereocenters. The van der Waals surface area contributed by atoms with Gasteiger partial charge in [0.25, 0.3) is 0 Å². The highest BCUT2D eigenvalue weighted by molar-refractivity contribution is 5.27. The second-order valence-electron chi connectivity index (χ2n) is 4.93. The van der Waals surface area contributed by atoms with Crippen LogP contribution in [-0.4, -0.2) is 14.9 Å². The van der Waals surface area contributed by atoms with E-state index in [1.54, 1.807) is 6.20 Å². The molecule has 1 heterocycles. The van der Waals surface area contributed by atoms with Gasteiger partial charge in [-0.2, -0.15) is 5.10 Å². The second kappa shape index (κ2) is 4.58. The fourth-order valence-corrected chi connectivity index (χ4v) is 2.72. The number of aryl methyl sites for hydroxylation is 1. The van der Waals surface area contributed by atoms with Crippen molar-refractivity contribution in [1.82, 2.24) is 9.78 Å². The van der Waals surface area contributed by atoms with E-state index in [-0.39, 0.29) is 0 Å². The quantitative estimate of drug-likeness (QED) is 0.895. The van der Waals surface area contributed by atoms with Crippen molar-refractivity contribution < 1.29 is 5.11 Å². The molecular formula is C15H18N2O. The van der Waals surface area contributed by atoms with Gasteiger partial charge in [-0.1, -0.05) is 30.3 Å². The molecule has 1 aliphatic rings. The fraction of sp³-hybridized carbons (Fsp3) is 0.400. The minimum Gasteiger partial charge on any atom is -0.387 e. The van der Waals surface area contributed by atoms with Crippen LogP contribution in [0.2, 0.25) is 0 Å². The summed E-state index contributed by atoms with van der Waals surface area (Å²) in [6, 6.07) is 12.4. The van der Waals surface area contributed by atoms with Gasteiger partial charge in [0.15, 0.2) is 0 Å². The summed E-state index contributed by atoms with van der Waals surface area (Å²) in [5.41, 5.74) is 2.28. The largest absolute Gasteiger partial charge is 0.387 e. The molecule has 0 radical (unpaired) electrons. The molecule has 1 N–H and O–H groups in total. The number of rotatable bonds is 4. The molecule has 18 heavy (non-hydrogen) atoms. The normalized spacial score (nSPS) is 23.9. The maximum atomic E-state index is 10.4. The SMILES string of the molecule is CCn1nccc1C(O)C1CC1c1ccccc1. The van der Waals surface area contributed by atoms with Crippen molar-refractivity contribution >= 4 is 0 Å². The molecular weight excluding hydrogens is 224 g/mol. The first-order valence-electron chi connectivity index (χ1n) is 6.56. The molecule has 3 nitrogen and oxygen atoms in total. The molecule has 0 amide bonds. The van der Waals surface area contributed by atoms with E-state index in [9.17, 15) is 5.11 Å². The number of benzene rings is 1. The van der Waals surface area contributed by atoms with Crippen LogP contribution in [0.25, 0.3) is 0 Å². The zero-order chi connectivity index (χ0) is 12.5. The number of hydrogen-bond donors (Lipinski definition) is 1. The van der Waals surface area contributed by atoms with Crippen molar-refractivity contribution in [2.45, 2.75) is 31.9 Å². The number of nitrogens with zero attached hydrogens (tertiary/aromatic N) is 2. The molecule has 3 heteroatoms. The molecule has 1 fully saturated rings. The number of aliphatic hydroxyl groups excluding tert-OH is 1. The lowest BCUT2D eigenvalue weighted by atomic mass is 10.1. The molecule has 2 aromatic rings. The van der Waals surface area contributed by atoms with Gasteiger partial charge in [0.1, 0.15) is 0 Å². The topological polar surface area (TPSA) is 38.0 Å². The Morgan fingerprint density at radius 3 is 2.83 bits per heavy atom. The molecule has 0 spiro atoms. The van der Waals surface area contributed by atoms with Gasteiger partial charge in [-0.3, -0.25) is 4.68 Å². The van der Waals surface area contributed by atoms with Gasteiger partial charge in [-0.05, 0) is 36.8 Å². The first-order valence-corrected chi connectivity index (χ1v) is 6.56. The number of aromatic nitrogens is 2. The van der Waals surface area contributed by atoms with Gasteiger partial charge in [0.05, 0.1) is 11.8 Å². The Kier molecular flexibility index (Phi) is 2.92. The smallest absolute Gasteiger partial charge is 0.0990 e. The Morgan fingerprint density at radius 1 is 1.33 bits per heavy atom. The van der Waals surface area contributed by atoms with Crippen LogP contribution in [0, 0.1) is 5.92 Å². The Bertz CT molecular complexity index is 520. The summed E-state index contributed by atoms with van der Waals surface area (Å²) in [7, 11) is 0. The molecule has 1 aliphatic carbocycles. The van der Waals surface area contributed by atoms with E-state index in [2.05, 4.69) is 29.4 Å². The first kappa shape index (κ1) is 11.5. The number of hydrogen-bond acceptors (Lipinski definition) is 2. The summed E-state index contributed by atoms with van der Waals surface area (Å²) in [6.45, 7) is 2.85. The molecule has 3 rings (SSSR count). The van der Waals surface area contributed by atoms with Gasteiger partial charge in [-0.15, -0.1) is 0 Å². The van der Waals surface area contributed by atoms with Crippen LogP contribution in [-0.2, 0) is 6.54 Å². The maximum absolute atomic E-state index is 10.4. The van der Waals surface area contributed by atoms with Gasteiger partial charge < -0.3 is 5.11 Å². The predicted octanol–water partition coefficient (Wildman–Crippen LogP) is 2.74. The summed E-state index contributed by atoms with van der Waals surface area (Å²) in [4.78, 5) is 0. The highest BCUT2D eigenvalue weighted by Crippen LogP contribution is 2.53. The molecule has 1 saturated carbocycles. The van der Waals surface area contributed by atoms with Crippen LogP contribution in [0.1, 0.15) is 36.6 Å². The van der Waals surface area contributed by atoms with Crippen LogP contribution in [0.15, 0.2) is 42.6 Å². The van der Waals surface area contributed by atoms with E-state index < -0.39 is 6.10 Å². The van der Waals surface area contributed by atoms with Gasteiger partial charge in [0.2, 0.25) is 0 Å². The highest BCUT2D eigenvalue weighted by Gasteiger charge is 2.44. The third-order valence-electron chi connectivity index (χ3n) is 3.83. The lowest BCUT2D eigenvalue weighted by Gasteiger charge is -2.12. The van der Waals surface area contributed by atoms with Crippen molar-refractivity contribution in [3.63, 3.8) is 0 Å². The van der Waals surface area contributed by atoms with Gasteiger partial charge >= 0.3 is 0 Å². The Labute approximate surface area is 107 Å². The summed E-state index contributed by atoms with van der Waals surface area (Å²) in [5.74, 6) is 0.843. The minimum absolute atomic E-state index is 0.342. The van der Waals surface area contributed by atoms with Crippen molar-refractivity contribution in [3.05, 3.63) is 53.9 Å². The maximum Gasteiger partial charge on any atom is 0.0990 e. The van der Waals surface area contributed by atoms with E-state index >= 15 is 0 Å². The van der Waals surface area contributed by atoms with E-state index in [1.165, 1.54) is 5.56 Å². The van der Waals surface area contributed by atoms with Crippen molar-refractivity contribution in [2.24, 2.45) is 5.92 Å². The molecule has 3 atom stereocenters. The van der Waals surface area contributed by atoms with E-state index in [4.69, 9.17) is 0 Å².